The van der Waals surface area contributed by atoms with Gasteiger partial charge in [0.25, 0.3) is 0 Å². The van der Waals surface area contributed by atoms with E-state index in [0.29, 0.717) is 6.61 Å². The van der Waals surface area contributed by atoms with E-state index in [9.17, 15) is 0 Å². The number of halogens is 1. The molecule has 0 aliphatic rings. The molecule has 0 fully saturated rings. The number of thiazole rings is 1. The fourth-order valence-electron chi connectivity index (χ4n) is 1.52. The van der Waals surface area contributed by atoms with Crippen molar-refractivity contribution < 1.29 is 4.74 Å². The van der Waals surface area contributed by atoms with Crippen LogP contribution < -0.4 is 5.32 Å². The summed E-state index contributed by atoms with van der Waals surface area (Å²) in [5.74, 6) is 0. The molecule has 0 aliphatic carbocycles. The summed E-state index contributed by atoms with van der Waals surface area (Å²) in [6.45, 7) is 5.48. The third-order valence-corrected chi connectivity index (χ3v) is 3.77. The minimum Gasteiger partial charge on any atom is -0.380 e. The van der Waals surface area contributed by atoms with E-state index in [1.165, 1.54) is 0 Å². The van der Waals surface area contributed by atoms with Crippen LogP contribution in [0.3, 0.4) is 0 Å². The molecule has 0 amide bonds. The Morgan fingerprint density at radius 2 is 2.35 bits per heavy atom. The summed E-state index contributed by atoms with van der Waals surface area (Å²) in [5.41, 5.74) is 0.939. The second-order valence-electron chi connectivity index (χ2n) is 3.81. The lowest BCUT2D eigenvalue weighted by molar-refractivity contribution is 0.141. The molecule has 1 aromatic carbocycles. The fourth-order valence-corrected chi connectivity index (χ4v) is 2.79. The van der Waals surface area contributed by atoms with Gasteiger partial charge in [-0.15, -0.1) is 0 Å². The van der Waals surface area contributed by atoms with E-state index >= 15 is 0 Å². The highest BCUT2D eigenvalue weighted by molar-refractivity contribution is 7.22. The quantitative estimate of drug-likeness (QED) is 0.898. The first-order chi connectivity index (χ1) is 8.20. The number of rotatable bonds is 5. The Hall–Kier alpha value is -0.840. The predicted octanol–water partition coefficient (Wildman–Crippen LogP) is 3.79. The average Bonchev–Trinajstić information content (AvgIpc) is 2.70. The van der Waals surface area contributed by atoms with Crippen molar-refractivity contribution in [2.45, 2.75) is 19.9 Å². The highest BCUT2D eigenvalue weighted by Gasteiger charge is 2.09. The Morgan fingerprint density at radius 3 is 3.06 bits per heavy atom. The van der Waals surface area contributed by atoms with Gasteiger partial charge in [-0.2, -0.15) is 0 Å². The van der Waals surface area contributed by atoms with Crippen LogP contribution in [0.25, 0.3) is 10.2 Å². The predicted molar refractivity (Wildman–Crippen MR) is 74.2 cm³/mol. The summed E-state index contributed by atoms with van der Waals surface area (Å²) < 4.78 is 6.38. The number of aromatic nitrogens is 1. The molecule has 2 rings (SSSR count). The van der Waals surface area contributed by atoms with Gasteiger partial charge in [0.1, 0.15) is 0 Å². The summed E-state index contributed by atoms with van der Waals surface area (Å²) in [4.78, 5) is 4.49. The third kappa shape index (κ3) is 3.09. The molecule has 0 spiro atoms. The molecular weight excluding hydrogens is 256 g/mol. The number of anilines is 1. The molecule has 3 nitrogen and oxygen atoms in total. The van der Waals surface area contributed by atoms with Crippen LogP contribution in [0, 0.1) is 0 Å². The highest BCUT2D eigenvalue weighted by Crippen LogP contribution is 2.31. The summed E-state index contributed by atoms with van der Waals surface area (Å²) in [7, 11) is 0. The van der Waals surface area contributed by atoms with Gasteiger partial charge in [-0.05, 0) is 26.0 Å². The number of ether oxygens (including phenoxy) is 1. The molecule has 1 N–H and O–H groups in total. The van der Waals surface area contributed by atoms with Gasteiger partial charge in [-0.3, -0.25) is 0 Å². The summed E-state index contributed by atoms with van der Waals surface area (Å²) in [6, 6.07) is 6.01. The van der Waals surface area contributed by atoms with E-state index in [4.69, 9.17) is 16.3 Å². The van der Waals surface area contributed by atoms with Crippen molar-refractivity contribution in [2.24, 2.45) is 0 Å². The Kier molecular flexibility index (Phi) is 4.20. The number of hydrogen-bond acceptors (Lipinski definition) is 4. The maximum atomic E-state index is 6.11. The number of fused-ring (bicyclic) bond motifs is 1. The van der Waals surface area contributed by atoms with Crippen molar-refractivity contribution in [3.05, 3.63) is 23.2 Å². The molecule has 2 aromatic rings. The smallest absolute Gasteiger partial charge is 0.184 e. The maximum absolute atomic E-state index is 6.11. The lowest BCUT2D eigenvalue weighted by atomic mass is 10.3. The van der Waals surface area contributed by atoms with E-state index in [1.807, 2.05) is 25.1 Å². The Bertz CT molecular complexity index is 500. The lowest BCUT2D eigenvalue weighted by Gasteiger charge is -2.11. The maximum Gasteiger partial charge on any atom is 0.184 e. The van der Waals surface area contributed by atoms with Gasteiger partial charge in [-0.25, -0.2) is 4.98 Å². The van der Waals surface area contributed by atoms with E-state index in [2.05, 4.69) is 17.2 Å². The van der Waals surface area contributed by atoms with Crippen molar-refractivity contribution in [3.8, 4) is 0 Å². The Balaban J connectivity index is 2.11. The first-order valence-corrected chi connectivity index (χ1v) is 6.79. The fraction of sp³-hybridized carbons (Fsp3) is 0.417. The Morgan fingerprint density at radius 1 is 1.53 bits per heavy atom. The van der Waals surface area contributed by atoms with Crippen molar-refractivity contribution in [1.82, 2.24) is 4.98 Å². The monoisotopic (exact) mass is 270 g/mol. The summed E-state index contributed by atoms with van der Waals surface area (Å²) >= 11 is 7.68. The van der Waals surface area contributed by atoms with Crippen molar-refractivity contribution >= 4 is 38.3 Å². The van der Waals surface area contributed by atoms with Gasteiger partial charge in [0.2, 0.25) is 0 Å². The molecule has 0 radical (unpaired) electrons. The zero-order valence-electron chi connectivity index (χ0n) is 9.87. The molecule has 1 aromatic heterocycles. The van der Waals surface area contributed by atoms with Crippen molar-refractivity contribution in [1.29, 1.82) is 0 Å². The molecule has 0 saturated heterocycles. The Labute approximate surface area is 110 Å². The molecule has 1 heterocycles. The van der Waals surface area contributed by atoms with E-state index in [-0.39, 0.29) is 6.04 Å². The second kappa shape index (κ2) is 5.67. The molecule has 0 saturated carbocycles. The molecule has 1 unspecified atom stereocenters. The summed E-state index contributed by atoms with van der Waals surface area (Å²) in [6.07, 6.45) is 0. The van der Waals surface area contributed by atoms with Gasteiger partial charge >= 0.3 is 0 Å². The molecule has 5 heteroatoms. The van der Waals surface area contributed by atoms with Gasteiger partial charge in [0, 0.05) is 12.6 Å². The first kappa shape index (κ1) is 12.6. The molecule has 17 heavy (non-hydrogen) atoms. The first-order valence-electron chi connectivity index (χ1n) is 5.60. The van der Waals surface area contributed by atoms with Crippen LogP contribution >= 0.6 is 22.9 Å². The van der Waals surface area contributed by atoms with Gasteiger partial charge in [0.05, 0.1) is 21.8 Å². The van der Waals surface area contributed by atoms with Gasteiger partial charge in [0.15, 0.2) is 5.13 Å². The molecule has 92 valence electrons. The normalized spacial score (nSPS) is 12.9. The largest absolute Gasteiger partial charge is 0.380 e. The number of nitrogens with zero attached hydrogens (tertiary/aromatic N) is 1. The minimum absolute atomic E-state index is 0.245. The van der Waals surface area contributed by atoms with E-state index in [1.54, 1.807) is 11.3 Å². The highest BCUT2D eigenvalue weighted by atomic mass is 35.5. The topological polar surface area (TPSA) is 34.1 Å². The number of nitrogens with one attached hydrogen (secondary N) is 1. The molecule has 0 bridgehead atoms. The van der Waals surface area contributed by atoms with E-state index < -0.39 is 0 Å². The lowest BCUT2D eigenvalue weighted by Crippen LogP contribution is -2.21. The zero-order chi connectivity index (χ0) is 12.3. The molecular formula is C12H15ClN2OS. The van der Waals surface area contributed by atoms with Gasteiger partial charge < -0.3 is 10.1 Å². The SMILES string of the molecule is CCOCC(C)Nc1nc2cccc(Cl)c2s1. The zero-order valence-corrected chi connectivity index (χ0v) is 11.4. The van der Waals surface area contributed by atoms with Crippen molar-refractivity contribution in [3.63, 3.8) is 0 Å². The van der Waals surface area contributed by atoms with Crippen LogP contribution in [0.1, 0.15) is 13.8 Å². The van der Waals surface area contributed by atoms with Crippen LogP contribution in [-0.4, -0.2) is 24.2 Å². The van der Waals surface area contributed by atoms with Crippen LogP contribution in [0.5, 0.6) is 0 Å². The van der Waals surface area contributed by atoms with Crippen LogP contribution in [0.15, 0.2) is 18.2 Å². The van der Waals surface area contributed by atoms with E-state index in [0.717, 1.165) is 27.0 Å². The van der Waals surface area contributed by atoms with Gasteiger partial charge in [-0.1, -0.05) is 29.0 Å². The van der Waals surface area contributed by atoms with Crippen molar-refractivity contribution in [2.75, 3.05) is 18.5 Å². The minimum atomic E-state index is 0.245. The number of benzene rings is 1. The summed E-state index contributed by atoms with van der Waals surface area (Å²) in [5, 5.41) is 4.96. The van der Waals surface area contributed by atoms with Crippen LogP contribution in [-0.2, 0) is 4.74 Å². The molecule has 1 atom stereocenters. The molecule has 0 aliphatic heterocycles. The van der Waals surface area contributed by atoms with Crippen LogP contribution in [0.4, 0.5) is 5.13 Å². The third-order valence-electron chi connectivity index (χ3n) is 2.31. The average molecular weight is 271 g/mol. The van der Waals surface area contributed by atoms with Crippen LogP contribution in [0.2, 0.25) is 5.02 Å². The standard InChI is InChI=1S/C12H15ClN2OS/c1-3-16-7-8(2)14-12-15-10-6-4-5-9(13)11(10)17-12/h4-6,8H,3,7H2,1-2H3,(H,14,15). The second-order valence-corrected chi connectivity index (χ2v) is 5.22. The number of hydrogen-bond donors (Lipinski definition) is 1.